The molecule has 0 atom stereocenters. The van der Waals surface area contributed by atoms with Gasteiger partial charge in [0.05, 0.1) is 51.5 Å². The van der Waals surface area contributed by atoms with Gasteiger partial charge in [-0.1, -0.05) is 36.9 Å². The van der Waals surface area contributed by atoms with Crippen LogP contribution in [0.5, 0.6) is 17.2 Å². The van der Waals surface area contributed by atoms with Crippen LogP contribution in [0.3, 0.4) is 0 Å². The van der Waals surface area contributed by atoms with Crippen LogP contribution in [-0.4, -0.2) is 69.7 Å². The van der Waals surface area contributed by atoms with Crippen LogP contribution in [0.2, 0.25) is 0 Å². The van der Waals surface area contributed by atoms with Crippen LogP contribution in [0.1, 0.15) is 87.0 Å². The summed E-state index contributed by atoms with van der Waals surface area (Å²) in [6.07, 6.45) is 13.8. The van der Waals surface area contributed by atoms with Crippen molar-refractivity contribution >= 4 is 30.1 Å². The molecule has 1 aliphatic rings. The Morgan fingerprint density at radius 2 is 1.17 bits per heavy atom. The quantitative estimate of drug-likeness (QED) is 0.0159. The van der Waals surface area contributed by atoms with E-state index >= 15 is 0 Å². The van der Waals surface area contributed by atoms with Crippen molar-refractivity contribution in [2.45, 2.75) is 84.2 Å². The molecular formula is C48H57NO11. The van der Waals surface area contributed by atoms with E-state index in [0.29, 0.717) is 94.0 Å². The third-order valence-electron chi connectivity index (χ3n) is 9.93. The average molecular weight is 824 g/mol. The second-order valence-corrected chi connectivity index (χ2v) is 14.6. The molecular weight excluding hydrogens is 767 g/mol. The molecule has 320 valence electrons. The number of carbonyl (C=O) groups excluding carboxylic acids is 4. The molecule has 1 N–H and O–H groups in total. The zero-order valence-electron chi connectivity index (χ0n) is 34.6. The van der Waals surface area contributed by atoms with Crippen LogP contribution in [0.25, 0.3) is 0 Å². The summed E-state index contributed by atoms with van der Waals surface area (Å²) in [5, 5.41) is 7.92. The second-order valence-electron chi connectivity index (χ2n) is 14.6. The summed E-state index contributed by atoms with van der Waals surface area (Å²) in [6, 6.07) is 20.9. The second kappa shape index (κ2) is 26.1. The maximum Gasteiger partial charge on any atom is 0.384 e. The molecule has 0 heterocycles. The van der Waals surface area contributed by atoms with Gasteiger partial charge in [0.25, 0.3) is 0 Å². The minimum absolute atomic E-state index is 0.196. The number of ether oxygens (including phenoxy) is 7. The van der Waals surface area contributed by atoms with Crippen LogP contribution in [0.15, 0.2) is 78.9 Å². The molecule has 0 aromatic heterocycles. The summed E-state index contributed by atoms with van der Waals surface area (Å²) < 4.78 is 38.6. The highest BCUT2D eigenvalue weighted by Gasteiger charge is 2.31. The van der Waals surface area contributed by atoms with Gasteiger partial charge in [0.15, 0.2) is 0 Å². The van der Waals surface area contributed by atoms with Crippen molar-refractivity contribution in [1.82, 2.24) is 0 Å². The molecule has 3 aromatic rings. The van der Waals surface area contributed by atoms with Gasteiger partial charge in [0.2, 0.25) is 0 Å². The van der Waals surface area contributed by atoms with Crippen molar-refractivity contribution in [3.8, 4) is 29.6 Å². The number of nitrogens with one attached hydrogen (secondary N) is 1. The number of hydrogen-bond acceptors (Lipinski definition) is 12. The Balaban J connectivity index is 1.06. The lowest BCUT2D eigenvalue weighted by molar-refractivity contribution is -0.155. The first kappa shape index (κ1) is 46.6. The Kier molecular flexibility index (Phi) is 20.3. The summed E-state index contributed by atoms with van der Waals surface area (Å²) in [6.45, 7) is 7.62. The third kappa shape index (κ3) is 17.0. The summed E-state index contributed by atoms with van der Waals surface area (Å²) >= 11 is 0. The minimum Gasteiger partial charge on any atom is -0.494 e. The molecule has 0 spiro atoms. The van der Waals surface area contributed by atoms with Gasteiger partial charge in [-0.25, -0.2) is 9.59 Å². The molecule has 0 amide bonds. The molecule has 12 heteroatoms. The Hall–Kier alpha value is -6.09. The lowest BCUT2D eigenvalue weighted by Gasteiger charge is -2.26. The van der Waals surface area contributed by atoms with Gasteiger partial charge < -0.3 is 38.6 Å². The molecule has 0 bridgehead atoms. The number of terminal acetylenes is 1. The summed E-state index contributed by atoms with van der Waals surface area (Å²) in [5.74, 6) is 1.96. The van der Waals surface area contributed by atoms with Crippen molar-refractivity contribution in [2.24, 2.45) is 11.8 Å². The number of carbonyl (C=O) groups is 4. The fraction of sp³-hybridized carbons (Fsp3) is 0.438. The number of benzene rings is 3. The zero-order valence-corrected chi connectivity index (χ0v) is 34.6. The first-order valence-corrected chi connectivity index (χ1v) is 20.6. The van der Waals surface area contributed by atoms with Crippen molar-refractivity contribution in [1.29, 1.82) is 5.41 Å². The molecule has 0 unspecified atom stereocenters. The van der Waals surface area contributed by atoms with E-state index in [0.717, 1.165) is 48.1 Å². The molecule has 0 radical (unpaired) electrons. The monoisotopic (exact) mass is 823 g/mol. The fourth-order valence-electron chi connectivity index (χ4n) is 6.42. The van der Waals surface area contributed by atoms with Gasteiger partial charge in [-0.3, -0.25) is 9.59 Å². The fourth-order valence-corrected chi connectivity index (χ4v) is 6.42. The van der Waals surface area contributed by atoms with Gasteiger partial charge >= 0.3 is 23.9 Å². The van der Waals surface area contributed by atoms with E-state index in [9.17, 15) is 19.2 Å². The third-order valence-corrected chi connectivity index (χ3v) is 9.93. The van der Waals surface area contributed by atoms with Gasteiger partial charge in [0.1, 0.15) is 23.9 Å². The lowest BCUT2D eigenvalue weighted by atomic mass is 9.82. The van der Waals surface area contributed by atoms with E-state index < -0.39 is 5.97 Å². The van der Waals surface area contributed by atoms with E-state index in [1.54, 1.807) is 6.92 Å². The van der Waals surface area contributed by atoms with Gasteiger partial charge in [0, 0.05) is 42.5 Å². The number of rotatable bonds is 26. The van der Waals surface area contributed by atoms with Gasteiger partial charge in [-0.2, -0.15) is 0 Å². The number of unbranched alkanes of at least 4 members (excludes halogenated alkanes) is 3. The highest BCUT2D eigenvalue weighted by Crippen LogP contribution is 2.31. The van der Waals surface area contributed by atoms with Crippen LogP contribution in [0.4, 0.5) is 0 Å². The first-order chi connectivity index (χ1) is 29.1. The topological polar surface area (TPSA) is 157 Å². The van der Waals surface area contributed by atoms with E-state index in [1.165, 1.54) is 6.21 Å². The van der Waals surface area contributed by atoms with Crippen LogP contribution >= 0.6 is 0 Å². The lowest BCUT2D eigenvalue weighted by Crippen LogP contribution is -2.29. The van der Waals surface area contributed by atoms with E-state index in [2.05, 4.69) is 6.58 Å². The van der Waals surface area contributed by atoms with Gasteiger partial charge in [-0.05, 0) is 111 Å². The zero-order chi connectivity index (χ0) is 43.0. The summed E-state index contributed by atoms with van der Waals surface area (Å²) in [7, 11) is 0. The minimum atomic E-state index is -0.687. The molecule has 0 aliphatic heterocycles. The SMILES string of the molecule is C#CC(=O)OCCCOc1ccc(CCOC(=O)C2CCC(C(=O)OCCc3ccc(OCc4ccc(OCCCCCCOC(=O)C(=C)C)cc4)c(C=N)c3)CC2)cc1. The average Bonchev–Trinajstić information content (AvgIpc) is 3.27. The van der Waals surface area contributed by atoms with Crippen molar-refractivity contribution < 1.29 is 52.3 Å². The highest BCUT2D eigenvalue weighted by atomic mass is 16.5. The Morgan fingerprint density at radius 3 is 1.73 bits per heavy atom. The smallest absolute Gasteiger partial charge is 0.384 e. The van der Waals surface area contributed by atoms with Crippen LogP contribution in [0, 0.1) is 29.6 Å². The molecule has 60 heavy (non-hydrogen) atoms. The Bertz CT molecular complexity index is 1890. The van der Waals surface area contributed by atoms with E-state index in [-0.39, 0.29) is 49.6 Å². The van der Waals surface area contributed by atoms with Crippen LogP contribution in [-0.2, 0) is 57.6 Å². The van der Waals surface area contributed by atoms with E-state index in [4.69, 9.17) is 45.0 Å². The molecule has 4 rings (SSSR count). The standard InChI is InChI=1S/C48H57NO11/c1-4-45(50)56-29-9-28-55-42-19-10-36(11-20-42)24-30-58-47(52)39-15-17-40(18-16-39)48(53)59-31-25-37-14-23-44(41(32-37)33-49)60-34-38-12-21-43(22-13-38)54-26-7-5-6-8-27-57-46(51)35(2)3/h1,10-14,19-23,32-33,39-40,49H,2,5-9,15-18,24-31,34H2,3H3. The Labute approximate surface area is 353 Å². The number of esters is 4. The molecule has 1 fully saturated rings. The van der Waals surface area contributed by atoms with Crippen molar-refractivity contribution in [2.75, 3.05) is 39.6 Å². The van der Waals surface area contributed by atoms with E-state index in [1.807, 2.05) is 72.7 Å². The molecule has 1 saturated carbocycles. The highest BCUT2D eigenvalue weighted by molar-refractivity contribution is 5.87. The number of hydrogen-bond donors (Lipinski definition) is 1. The molecule has 3 aromatic carbocycles. The summed E-state index contributed by atoms with van der Waals surface area (Å²) in [5.41, 5.74) is 3.95. The first-order valence-electron chi connectivity index (χ1n) is 20.6. The maximum absolute atomic E-state index is 12.9. The molecule has 0 saturated heterocycles. The van der Waals surface area contributed by atoms with Crippen molar-refractivity contribution in [3.63, 3.8) is 0 Å². The molecule has 12 nitrogen and oxygen atoms in total. The van der Waals surface area contributed by atoms with Crippen LogP contribution < -0.4 is 14.2 Å². The maximum atomic E-state index is 12.9. The largest absolute Gasteiger partial charge is 0.494 e. The Morgan fingerprint density at radius 1 is 0.650 bits per heavy atom. The predicted octanol–water partition coefficient (Wildman–Crippen LogP) is 7.95. The normalized spacial score (nSPS) is 14.5. The predicted molar refractivity (Wildman–Crippen MR) is 226 cm³/mol. The van der Waals surface area contributed by atoms with Crippen molar-refractivity contribution in [3.05, 3.63) is 101 Å². The molecule has 1 aliphatic carbocycles. The van der Waals surface area contributed by atoms with Gasteiger partial charge in [-0.15, -0.1) is 6.42 Å². The summed E-state index contributed by atoms with van der Waals surface area (Å²) in [4.78, 5) is 47.9.